The summed E-state index contributed by atoms with van der Waals surface area (Å²) in [6.07, 6.45) is 1.20. The van der Waals surface area contributed by atoms with Gasteiger partial charge in [-0.2, -0.15) is 0 Å². The van der Waals surface area contributed by atoms with Crippen LogP contribution in [0.4, 0.5) is 14.9 Å². The van der Waals surface area contributed by atoms with Gasteiger partial charge in [0, 0.05) is 25.6 Å². The fraction of sp³-hybridized carbons (Fsp3) is 0.333. The van der Waals surface area contributed by atoms with E-state index in [0.717, 1.165) is 11.1 Å². The molecule has 0 aliphatic carbocycles. The fourth-order valence-electron chi connectivity index (χ4n) is 3.20. The van der Waals surface area contributed by atoms with Gasteiger partial charge in [0.05, 0.1) is 10.7 Å². The minimum Gasteiger partial charge on any atom is -0.352 e. The van der Waals surface area contributed by atoms with E-state index in [0.29, 0.717) is 43.2 Å². The summed E-state index contributed by atoms with van der Waals surface area (Å²) in [4.78, 5) is 26.5. The van der Waals surface area contributed by atoms with Crippen LogP contribution in [0.2, 0.25) is 5.02 Å². The zero-order valence-corrected chi connectivity index (χ0v) is 16.4. The molecule has 2 N–H and O–H groups in total. The number of benzene rings is 2. The van der Waals surface area contributed by atoms with Gasteiger partial charge in [0.15, 0.2) is 0 Å². The summed E-state index contributed by atoms with van der Waals surface area (Å²) < 4.78 is 12.9. The van der Waals surface area contributed by atoms with Crippen molar-refractivity contribution in [2.75, 3.05) is 18.4 Å². The van der Waals surface area contributed by atoms with Gasteiger partial charge in [-0.25, -0.2) is 9.18 Å². The van der Waals surface area contributed by atoms with Gasteiger partial charge in [0.25, 0.3) is 0 Å². The molecule has 1 aliphatic heterocycles. The average Bonchev–Trinajstić information content (AvgIpc) is 2.69. The minimum atomic E-state index is -0.298. The molecule has 2 aromatic rings. The maximum Gasteiger partial charge on any atom is 0.321 e. The van der Waals surface area contributed by atoms with Crippen molar-refractivity contribution in [1.29, 1.82) is 0 Å². The summed E-state index contributed by atoms with van der Waals surface area (Å²) in [6, 6.07) is 11.3. The summed E-state index contributed by atoms with van der Waals surface area (Å²) in [5.41, 5.74) is 2.45. The first-order valence-corrected chi connectivity index (χ1v) is 9.64. The number of halogens is 2. The Morgan fingerprint density at radius 2 is 1.82 bits per heavy atom. The van der Waals surface area contributed by atoms with Gasteiger partial charge in [-0.15, -0.1) is 0 Å². The lowest BCUT2D eigenvalue weighted by molar-refractivity contribution is -0.126. The number of nitrogens with zero attached hydrogens (tertiary/aromatic N) is 1. The first-order chi connectivity index (χ1) is 13.4. The second kappa shape index (κ2) is 9.06. The molecule has 0 spiro atoms. The lowest BCUT2D eigenvalue weighted by Crippen LogP contribution is -2.44. The number of piperidine rings is 1. The Morgan fingerprint density at radius 1 is 1.14 bits per heavy atom. The van der Waals surface area contributed by atoms with Crippen LogP contribution in [0, 0.1) is 18.7 Å². The quantitative estimate of drug-likeness (QED) is 0.797. The maximum absolute atomic E-state index is 12.9. The van der Waals surface area contributed by atoms with Gasteiger partial charge >= 0.3 is 6.03 Å². The molecule has 0 unspecified atom stereocenters. The van der Waals surface area contributed by atoms with E-state index in [4.69, 9.17) is 11.6 Å². The van der Waals surface area contributed by atoms with Crippen molar-refractivity contribution in [1.82, 2.24) is 10.2 Å². The highest BCUT2D eigenvalue weighted by Crippen LogP contribution is 2.24. The molecule has 2 aromatic carbocycles. The van der Waals surface area contributed by atoms with Crippen LogP contribution >= 0.6 is 11.6 Å². The molecule has 0 aromatic heterocycles. The minimum absolute atomic E-state index is 0.0361. The molecule has 1 saturated heterocycles. The predicted octanol–water partition coefficient (Wildman–Crippen LogP) is 4.35. The van der Waals surface area contributed by atoms with Crippen molar-refractivity contribution >= 4 is 29.2 Å². The Bertz CT molecular complexity index is 849. The monoisotopic (exact) mass is 403 g/mol. The smallest absolute Gasteiger partial charge is 0.321 e. The van der Waals surface area contributed by atoms with Gasteiger partial charge in [0.2, 0.25) is 5.91 Å². The van der Waals surface area contributed by atoms with Crippen LogP contribution in [0.15, 0.2) is 42.5 Å². The summed E-state index contributed by atoms with van der Waals surface area (Å²) in [5.74, 6) is -0.467. The van der Waals surface area contributed by atoms with E-state index in [2.05, 4.69) is 10.6 Å². The highest BCUT2D eigenvalue weighted by molar-refractivity contribution is 6.33. The Morgan fingerprint density at radius 3 is 2.46 bits per heavy atom. The summed E-state index contributed by atoms with van der Waals surface area (Å²) in [5, 5.41) is 6.22. The van der Waals surface area contributed by atoms with Gasteiger partial charge in [-0.3, -0.25) is 4.79 Å². The molecule has 148 valence electrons. The molecule has 5 nitrogen and oxygen atoms in total. The number of amides is 3. The van der Waals surface area contributed by atoms with Crippen LogP contribution in [0.5, 0.6) is 0 Å². The largest absolute Gasteiger partial charge is 0.352 e. The van der Waals surface area contributed by atoms with E-state index in [1.807, 2.05) is 13.0 Å². The number of hydrogen-bond acceptors (Lipinski definition) is 2. The number of carbonyl (C=O) groups is 2. The van der Waals surface area contributed by atoms with Gasteiger partial charge in [-0.1, -0.05) is 29.8 Å². The molecule has 1 fully saturated rings. The van der Waals surface area contributed by atoms with E-state index in [9.17, 15) is 14.0 Å². The first-order valence-electron chi connectivity index (χ1n) is 9.26. The molecule has 3 amide bonds. The average molecular weight is 404 g/mol. The van der Waals surface area contributed by atoms with Crippen molar-refractivity contribution in [2.24, 2.45) is 5.92 Å². The van der Waals surface area contributed by atoms with Crippen LogP contribution in [0.3, 0.4) is 0 Å². The van der Waals surface area contributed by atoms with Gasteiger partial charge in [0.1, 0.15) is 5.82 Å². The summed E-state index contributed by atoms with van der Waals surface area (Å²) >= 11 is 6.16. The zero-order chi connectivity index (χ0) is 20.1. The zero-order valence-electron chi connectivity index (χ0n) is 15.7. The van der Waals surface area contributed by atoms with Crippen LogP contribution in [0.25, 0.3) is 0 Å². The number of likely N-dealkylation sites (tertiary alicyclic amines) is 1. The molecule has 28 heavy (non-hydrogen) atoms. The Labute approximate surface area is 168 Å². The first kappa shape index (κ1) is 20.1. The van der Waals surface area contributed by atoms with Crippen molar-refractivity contribution < 1.29 is 14.0 Å². The number of rotatable bonds is 4. The SMILES string of the molecule is Cc1ccc(NC(=O)N2CCC(C(=O)NCc3ccc(F)cc3)CC2)c(Cl)c1. The number of urea groups is 1. The number of anilines is 1. The highest BCUT2D eigenvalue weighted by Gasteiger charge is 2.27. The lowest BCUT2D eigenvalue weighted by Gasteiger charge is -2.31. The normalized spacial score (nSPS) is 14.6. The Balaban J connectivity index is 1.46. The molecule has 0 radical (unpaired) electrons. The number of nitrogens with one attached hydrogen (secondary N) is 2. The second-order valence-corrected chi connectivity index (χ2v) is 7.43. The van der Waals surface area contributed by atoms with Crippen molar-refractivity contribution in [3.05, 3.63) is 64.4 Å². The molecule has 0 saturated carbocycles. The van der Waals surface area contributed by atoms with Crippen LogP contribution in [0.1, 0.15) is 24.0 Å². The third-order valence-electron chi connectivity index (χ3n) is 4.90. The Hall–Kier alpha value is -2.60. The summed E-state index contributed by atoms with van der Waals surface area (Å²) in [6.45, 7) is 3.31. The van der Waals surface area contributed by atoms with E-state index >= 15 is 0 Å². The van der Waals surface area contributed by atoms with Gasteiger partial charge in [-0.05, 0) is 55.2 Å². The van der Waals surface area contributed by atoms with E-state index in [1.165, 1.54) is 12.1 Å². The lowest BCUT2D eigenvalue weighted by atomic mass is 9.96. The molecular weight excluding hydrogens is 381 g/mol. The van der Waals surface area contributed by atoms with Crippen molar-refractivity contribution in [2.45, 2.75) is 26.3 Å². The predicted molar refractivity (Wildman–Crippen MR) is 108 cm³/mol. The van der Waals surface area contributed by atoms with Crippen LogP contribution < -0.4 is 10.6 Å². The van der Waals surface area contributed by atoms with Crippen molar-refractivity contribution in [3.63, 3.8) is 0 Å². The molecule has 7 heteroatoms. The third-order valence-corrected chi connectivity index (χ3v) is 5.21. The summed E-state index contributed by atoms with van der Waals surface area (Å²) in [7, 11) is 0. The van der Waals surface area contributed by atoms with Crippen LogP contribution in [-0.4, -0.2) is 29.9 Å². The number of hydrogen-bond donors (Lipinski definition) is 2. The number of carbonyl (C=O) groups excluding carboxylic acids is 2. The highest BCUT2D eigenvalue weighted by atomic mass is 35.5. The second-order valence-electron chi connectivity index (χ2n) is 7.02. The molecule has 3 rings (SSSR count). The molecule has 0 bridgehead atoms. The molecule has 1 heterocycles. The van der Waals surface area contributed by atoms with E-state index in [-0.39, 0.29) is 23.7 Å². The van der Waals surface area contributed by atoms with Crippen molar-refractivity contribution in [3.8, 4) is 0 Å². The van der Waals surface area contributed by atoms with Gasteiger partial charge < -0.3 is 15.5 Å². The maximum atomic E-state index is 12.9. The molecule has 0 atom stereocenters. The topological polar surface area (TPSA) is 61.4 Å². The number of aryl methyl sites for hydroxylation is 1. The third kappa shape index (κ3) is 5.23. The molecule has 1 aliphatic rings. The Kier molecular flexibility index (Phi) is 6.52. The molecular formula is C21H23ClFN3O2. The van der Waals surface area contributed by atoms with Crippen LogP contribution in [-0.2, 0) is 11.3 Å². The van der Waals surface area contributed by atoms with E-state index in [1.54, 1.807) is 29.2 Å². The van der Waals surface area contributed by atoms with E-state index < -0.39 is 0 Å². The standard InChI is InChI=1S/C21H23ClFN3O2/c1-14-2-7-19(18(22)12-14)25-21(28)26-10-8-16(9-11-26)20(27)24-13-15-3-5-17(23)6-4-15/h2-7,12,16H,8-11,13H2,1H3,(H,24,27)(H,25,28). The fourth-order valence-corrected chi connectivity index (χ4v) is 3.48.